The van der Waals surface area contributed by atoms with E-state index in [1.807, 2.05) is 6.92 Å². The molecule has 0 saturated heterocycles. The molecule has 0 amide bonds. The summed E-state index contributed by atoms with van der Waals surface area (Å²) in [5.41, 5.74) is 9.67. The number of hydrogen-bond acceptors (Lipinski definition) is 5. The summed E-state index contributed by atoms with van der Waals surface area (Å²) in [6.07, 6.45) is 5.48. The summed E-state index contributed by atoms with van der Waals surface area (Å²) in [5.74, 6) is -1.93. The number of aromatic carboxylic acids is 1. The smallest absolute Gasteiger partial charge is 0.542 e. The molecule has 1 heterocycles. The molecule has 23 heavy (non-hydrogen) atoms. The van der Waals surface area contributed by atoms with Crippen molar-refractivity contribution in [2.75, 3.05) is 5.73 Å². The van der Waals surface area contributed by atoms with Gasteiger partial charge in [-0.2, -0.15) is 0 Å². The molecule has 5 nitrogen and oxygen atoms in total. The standard InChI is InChI=1S/C17H19NO4.Na/c1-2-5-11-9-6-3-4-7-10(9)15(18)14-12(19)8-13(17(20)21)22-16(11)14;/h8H,2-7,18H2,1H3,(H,20,21);/q;+1/p-1. The number of carboxylic acid groups (broad SMARTS) is 1. The molecule has 6 heteroatoms. The fourth-order valence-electron chi connectivity index (χ4n) is 3.40. The fourth-order valence-corrected chi connectivity index (χ4v) is 3.40. The van der Waals surface area contributed by atoms with Crippen molar-refractivity contribution >= 4 is 22.6 Å². The molecule has 0 unspecified atom stereocenters. The number of nitrogens with two attached hydrogens (primary N) is 1. The second-order valence-corrected chi connectivity index (χ2v) is 5.77. The summed E-state index contributed by atoms with van der Waals surface area (Å²) >= 11 is 0. The van der Waals surface area contributed by atoms with Gasteiger partial charge in [-0.15, -0.1) is 0 Å². The van der Waals surface area contributed by atoms with Gasteiger partial charge >= 0.3 is 29.6 Å². The van der Waals surface area contributed by atoms with Gasteiger partial charge in [0, 0.05) is 6.07 Å². The molecule has 1 aliphatic carbocycles. The van der Waals surface area contributed by atoms with Gasteiger partial charge in [0.05, 0.1) is 11.1 Å². The van der Waals surface area contributed by atoms with Gasteiger partial charge in [-0.1, -0.05) is 13.3 Å². The van der Waals surface area contributed by atoms with Crippen LogP contribution in [0.2, 0.25) is 0 Å². The van der Waals surface area contributed by atoms with Crippen LogP contribution in [0.15, 0.2) is 15.3 Å². The van der Waals surface area contributed by atoms with Gasteiger partial charge in [0.1, 0.15) is 11.6 Å². The third-order valence-electron chi connectivity index (χ3n) is 4.35. The number of carbonyl (C=O) groups is 1. The van der Waals surface area contributed by atoms with E-state index in [1.165, 1.54) is 0 Å². The van der Waals surface area contributed by atoms with Crippen LogP contribution < -0.4 is 45.8 Å². The minimum atomic E-state index is -1.49. The van der Waals surface area contributed by atoms with E-state index in [2.05, 4.69) is 0 Å². The van der Waals surface area contributed by atoms with Gasteiger partial charge in [-0.3, -0.25) is 4.79 Å². The molecule has 116 valence electrons. The molecule has 0 aliphatic heterocycles. The second-order valence-electron chi connectivity index (χ2n) is 5.77. The largest absolute Gasteiger partial charge is 1.00 e. The van der Waals surface area contributed by atoms with Crippen LogP contribution in [0, 0.1) is 0 Å². The Morgan fingerprint density at radius 1 is 1.30 bits per heavy atom. The van der Waals surface area contributed by atoms with Crippen molar-refractivity contribution in [1.29, 1.82) is 0 Å². The number of aryl methyl sites for hydroxylation is 1. The number of benzene rings is 1. The van der Waals surface area contributed by atoms with Crippen LogP contribution in [0.5, 0.6) is 0 Å². The Morgan fingerprint density at radius 2 is 1.96 bits per heavy atom. The van der Waals surface area contributed by atoms with Crippen LogP contribution in [0.25, 0.3) is 11.0 Å². The average Bonchev–Trinajstić information content (AvgIpc) is 2.50. The molecule has 0 radical (unpaired) electrons. The third-order valence-corrected chi connectivity index (χ3v) is 4.35. The van der Waals surface area contributed by atoms with E-state index in [-0.39, 0.29) is 29.6 Å². The molecule has 0 bridgehead atoms. The summed E-state index contributed by atoms with van der Waals surface area (Å²) in [6.45, 7) is 2.04. The quantitative estimate of drug-likeness (QED) is 0.552. The molecule has 3 rings (SSSR count). The minimum absolute atomic E-state index is 0. The van der Waals surface area contributed by atoms with Gasteiger partial charge in [-0.05, 0) is 48.8 Å². The van der Waals surface area contributed by atoms with Crippen LogP contribution in [0.4, 0.5) is 5.69 Å². The SMILES string of the molecule is CCCc1c2c(c(N)c3c(=O)cc(C(=O)[O-])oc13)CCCC2.[Na+]. The topological polar surface area (TPSA) is 96.4 Å². The summed E-state index contributed by atoms with van der Waals surface area (Å²) in [6, 6.07) is 0.957. The number of rotatable bonds is 3. The van der Waals surface area contributed by atoms with Crippen molar-refractivity contribution in [3.8, 4) is 0 Å². The zero-order valence-corrected chi connectivity index (χ0v) is 15.5. The van der Waals surface area contributed by atoms with Crippen molar-refractivity contribution in [2.45, 2.75) is 45.4 Å². The van der Waals surface area contributed by atoms with E-state index >= 15 is 0 Å². The average molecular weight is 323 g/mol. The van der Waals surface area contributed by atoms with Gasteiger partial charge in [-0.25, -0.2) is 0 Å². The van der Waals surface area contributed by atoms with Gasteiger partial charge < -0.3 is 20.1 Å². The van der Waals surface area contributed by atoms with E-state index < -0.39 is 17.2 Å². The monoisotopic (exact) mass is 323 g/mol. The fraction of sp³-hybridized carbons (Fsp3) is 0.412. The molecule has 0 fully saturated rings. The zero-order chi connectivity index (χ0) is 15.9. The maximum Gasteiger partial charge on any atom is 1.00 e. The Bertz CT molecular complexity index is 826. The van der Waals surface area contributed by atoms with Crippen LogP contribution in [0.1, 0.15) is 53.4 Å². The molecule has 0 spiro atoms. The predicted octanol–water partition coefficient (Wildman–Crippen LogP) is -1.43. The van der Waals surface area contributed by atoms with Crippen LogP contribution in [-0.2, 0) is 19.3 Å². The molecular weight excluding hydrogens is 305 g/mol. The Morgan fingerprint density at radius 3 is 2.57 bits per heavy atom. The summed E-state index contributed by atoms with van der Waals surface area (Å²) in [5, 5.41) is 11.4. The molecule has 1 aromatic heterocycles. The van der Waals surface area contributed by atoms with Crippen molar-refractivity contribution in [1.82, 2.24) is 0 Å². The van der Waals surface area contributed by atoms with Crippen LogP contribution in [-0.4, -0.2) is 5.97 Å². The predicted molar refractivity (Wildman–Crippen MR) is 81.9 cm³/mol. The summed E-state index contributed by atoms with van der Waals surface area (Å²) in [4.78, 5) is 23.4. The van der Waals surface area contributed by atoms with E-state index in [0.717, 1.165) is 61.3 Å². The van der Waals surface area contributed by atoms with Crippen molar-refractivity contribution < 1.29 is 43.9 Å². The summed E-state index contributed by atoms with van der Waals surface area (Å²) < 4.78 is 5.49. The molecule has 0 atom stereocenters. The molecule has 2 N–H and O–H groups in total. The Kier molecular flexibility index (Phi) is 5.55. The number of carboxylic acids is 1. The van der Waals surface area contributed by atoms with Crippen molar-refractivity contribution in [2.24, 2.45) is 0 Å². The zero-order valence-electron chi connectivity index (χ0n) is 13.5. The summed E-state index contributed by atoms with van der Waals surface area (Å²) in [7, 11) is 0. The first-order chi connectivity index (χ1) is 10.5. The normalized spacial score (nSPS) is 13.4. The second kappa shape index (κ2) is 7.07. The maximum atomic E-state index is 12.3. The number of carbonyl (C=O) groups excluding carboxylic acids is 1. The number of anilines is 1. The van der Waals surface area contributed by atoms with Crippen LogP contribution in [0.3, 0.4) is 0 Å². The van der Waals surface area contributed by atoms with E-state index in [9.17, 15) is 14.7 Å². The molecule has 0 saturated carbocycles. The van der Waals surface area contributed by atoms with E-state index in [0.29, 0.717) is 16.7 Å². The molecule has 1 aliphatic rings. The van der Waals surface area contributed by atoms with Crippen molar-refractivity contribution in [3.63, 3.8) is 0 Å². The Labute approximate surface area is 156 Å². The number of nitrogen functional groups attached to an aromatic ring is 1. The van der Waals surface area contributed by atoms with Gasteiger partial charge in [0.25, 0.3) is 0 Å². The van der Waals surface area contributed by atoms with Crippen molar-refractivity contribution in [3.05, 3.63) is 38.7 Å². The molecule has 2 aromatic rings. The van der Waals surface area contributed by atoms with Crippen LogP contribution >= 0.6 is 0 Å². The third kappa shape index (κ3) is 3.05. The first-order valence-electron chi connectivity index (χ1n) is 7.65. The minimum Gasteiger partial charge on any atom is -0.542 e. The molecule has 1 aromatic carbocycles. The van der Waals surface area contributed by atoms with E-state index in [1.54, 1.807) is 0 Å². The molecular formula is C17H18NNaO4. The van der Waals surface area contributed by atoms with Gasteiger partial charge in [0.15, 0.2) is 11.2 Å². The Balaban J connectivity index is 0.00000192. The Hall–Kier alpha value is -1.30. The maximum absolute atomic E-state index is 12.3. The number of fused-ring (bicyclic) bond motifs is 2. The number of hydrogen-bond donors (Lipinski definition) is 1. The van der Waals surface area contributed by atoms with Gasteiger partial charge in [0.2, 0.25) is 0 Å². The first-order valence-corrected chi connectivity index (χ1v) is 7.65. The van der Waals surface area contributed by atoms with E-state index in [4.69, 9.17) is 10.2 Å². The first kappa shape index (κ1) is 18.0.